The van der Waals surface area contributed by atoms with Crippen molar-refractivity contribution in [3.05, 3.63) is 82.4 Å². The van der Waals surface area contributed by atoms with Gasteiger partial charge >= 0.3 is 0 Å². The molecule has 0 saturated carbocycles. The Labute approximate surface area is 217 Å². The monoisotopic (exact) mass is 487 g/mol. The highest BCUT2D eigenvalue weighted by atomic mass is 35.5. The molecule has 0 unspecified atom stereocenters. The Bertz CT molecular complexity index is 1250. The molecule has 2 aliphatic heterocycles. The minimum atomic E-state index is -0.0153. The van der Waals surface area contributed by atoms with Crippen LogP contribution in [0.3, 0.4) is 0 Å². The van der Waals surface area contributed by atoms with Crippen molar-refractivity contribution < 1.29 is 4.58 Å². The minimum Gasteiger partial charge on any atom is -0.370 e. The summed E-state index contributed by atoms with van der Waals surface area (Å²) in [6, 6.07) is 18.1. The van der Waals surface area contributed by atoms with Crippen LogP contribution in [0.15, 0.2) is 71.3 Å². The smallest absolute Gasteiger partial charge is 0.209 e. The van der Waals surface area contributed by atoms with Crippen LogP contribution in [-0.2, 0) is 10.8 Å². The number of halogens is 1. The van der Waals surface area contributed by atoms with E-state index >= 15 is 0 Å². The summed E-state index contributed by atoms with van der Waals surface area (Å²) in [5.41, 5.74) is 8.25. The molecule has 2 aromatic carbocycles. The van der Waals surface area contributed by atoms with Crippen molar-refractivity contribution in [2.24, 2.45) is 11.8 Å². The van der Waals surface area contributed by atoms with Gasteiger partial charge in [-0.2, -0.15) is 4.58 Å². The van der Waals surface area contributed by atoms with E-state index in [-0.39, 0.29) is 10.8 Å². The lowest BCUT2D eigenvalue weighted by molar-refractivity contribution is -0.401. The van der Waals surface area contributed by atoms with E-state index in [2.05, 4.69) is 119 Å². The second kappa shape index (κ2) is 8.66. The summed E-state index contributed by atoms with van der Waals surface area (Å²) in [5, 5.41) is 1.08. The minimum absolute atomic E-state index is 0.0153. The molecule has 0 saturated heterocycles. The van der Waals surface area contributed by atoms with Crippen LogP contribution in [-0.4, -0.2) is 30.4 Å². The molecule has 35 heavy (non-hydrogen) atoms. The molecule has 2 nitrogen and oxygen atoms in total. The van der Waals surface area contributed by atoms with Gasteiger partial charge in [0.05, 0.1) is 5.41 Å². The Balaban J connectivity index is 1.44. The van der Waals surface area contributed by atoms with Gasteiger partial charge in [-0.05, 0) is 62.1 Å². The fourth-order valence-corrected chi connectivity index (χ4v) is 7.95. The van der Waals surface area contributed by atoms with Crippen molar-refractivity contribution in [1.29, 1.82) is 0 Å². The van der Waals surface area contributed by atoms with Crippen LogP contribution in [0.4, 0.5) is 11.4 Å². The van der Waals surface area contributed by atoms with Crippen molar-refractivity contribution in [3.8, 4) is 0 Å². The summed E-state index contributed by atoms with van der Waals surface area (Å²) in [5.74, 6) is 0.851. The van der Waals surface area contributed by atoms with E-state index in [1.165, 1.54) is 46.6 Å². The van der Waals surface area contributed by atoms with Crippen molar-refractivity contribution in [1.82, 2.24) is 0 Å². The molecular formula is C32H40ClN2+. The first-order valence-corrected chi connectivity index (χ1v) is 13.5. The van der Waals surface area contributed by atoms with E-state index in [0.29, 0.717) is 17.9 Å². The molecule has 0 fully saturated rings. The third kappa shape index (κ3) is 3.71. The summed E-state index contributed by atoms with van der Waals surface area (Å²) in [4.78, 5) is 2.51. The molecule has 2 aromatic rings. The molecule has 3 heteroatoms. The highest BCUT2D eigenvalue weighted by molar-refractivity contribution is 6.30. The summed E-state index contributed by atoms with van der Waals surface area (Å²) in [6.07, 6.45) is 8.07. The Morgan fingerprint density at radius 3 is 2.34 bits per heavy atom. The number of nitrogens with zero attached hydrogens (tertiary/aromatic N) is 2. The predicted molar refractivity (Wildman–Crippen MR) is 151 cm³/mol. The molecule has 3 aliphatic rings. The topological polar surface area (TPSA) is 6.25 Å². The Morgan fingerprint density at radius 2 is 1.66 bits per heavy atom. The normalized spacial score (nSPS) is 25.9. The Morgan fingerprint density at radius 1 is 1.00 bits per heavy atom. The zero-order chi connectivity index (χ0) is 25.1. The van der Waals surface area contributed by atoms with Crippen LogP contribution in [0, 0.1) is 11.8 Å². The van der Waals surface area contributed by atoms with Gasteiger partial charge in [0.1, 0.15) is 7.05 Å². The molecule has 1 aliphatic carbocycles. The lowest BCUT2D eigenvalue weighted by Gasteiger charge is -2.42. The highest BCUT2D eigenvalue weighted by Gasteiger charge is 2.48. The van der Waals surface area contributed by atoms with Crippen molar-refractivity contribution in [2.75, 3.05) is 19.0 Å². The van der Waals surface area contributed by atoms with Gasteiger partial charge in [0.25, 0.3) is 0 Å². The highest BCUT2D eigenvalue weighted by Crippen LogP contribution is 2.51. The summed E-state index contributed by atoms with van der Waals surface area (Å²) >= 11 is 7.24. The lowest BCUT2D eigenvalue weighted by Crippen LogP contribution is -2.47. The molecule has 0 spiro atoms. The first kappa shape index (κ1) is 24.4. The van der Waals surface area contributed by atoms with Crippen molar-refractivity contribution in [2.45, 2.75) is 70.8 Å². The van der Waals surface area contributed by atoms with Gasteiger partial charge < -0.3 is 4.90 Å². The summed E-state index contributed by atoms with van der Waals surface area (Å²) < 4.78 is 2.34. The SMILES string of the molecule is C[C@H]([C@H]1CCCC(/C=C/C2=[N+](C)c3ccccc3C2(C)C)=C1Cl)[C@H]1N(C)c2ccccc2C1(C)C. The molecule has 3 atom stereocenters. The Hall–Kier alpha value is -2.32. The average Bonchev–Trinajstić information content (AvgIpc) is 3.16. The molecule has 0 radical (unpaired) electrons. The van der Waals surface area contributed by atoms with Gasteiger partial charge in [0, 0.05) is 46.9 Å². The molecule has 0 bridgehead atoms. The number of fused-ring (bicyclic) bond motifs is 2. The van der Waals surface area contributed by atoms with Crippen LogP contribution in [0.5, 0.6) is 0 Å². The van der Waals surface area contributed by atoms with E-state index in [9.17, 15) is 0 Å². The standard InChI is InChI=1S/C32H40ClN2/c1-21(30-32(4,5)25-16-9-11-18-27(25)35(30)7)23-14-12-13-22(29(23)33)19-20-28-31(2,3)24-15-8-10-17-26(24)34(28)6/h8-11,15-21,23,30H,12-14H2,1-7H3/q+1/b20-19+/t21-,23-,30-/m1/s1. The van der Waals surface area contributed by atoms with Crippen LogP contribution in [0.25, 0.3) is 0 Å². The van der Waals surface area contributed by atoms with Crippen LogP contribution in [0.2, 0.25) is 0 Å². The predicted octanol–water partition coefficient (Wildman–Crippen LogP) is 7.97. The third-order valence-corrected chi connectivity index (χ3v) is 9.77. The van der Waals surface area contributed by atoms with E-state index in [1.807, 2.05) is 0 Å². The van der Waals surface area contributed by atoms with Gasteiger partial charge in [0.2, 0.25) is 5.69 Å². The van der Waals surface area contributed by atoms with E-state index in [4.69, 9.17) is 11.6 Å². The van der Waals surface area contributed by atoms with Crippen molar-refractivity contribution >= 4 is 28.7 Å². The zero-order valence-corrected chi connectivity index (χ0v) is 23.2. The second-order valence-electron chi connectivity index (χ2n) is 11.9. The molecule has 5 rings (SSSR count). The summed E-state index contributed by atoms with van der Waals surface area (Å²) in [7, 11) is 4.45. The van der Waals surface area contributed by atoms with E-state index in [1.54, 1.807) is 0 Å². The lowest BCUT2D eigenvalue weighted by atomic mass is 9.69. The quantitative estimate of drug-likeness (QED) is 0.396. The number of allylic oxidation sites excluding steroid dienone is 4. The summed E-state index contributed by atoms with van der Waals surface area (Å²) in [6.45, 7) is 11.9. The van der Waals surface area contributed by atoms with Crippen LogP contribution >= 0.6 is 11.6 Å². The van der Waals surface area contributed by atoms with E-state index in [0.717, 1.165) is 11.5 Å². The van der Waals surface area contributed by atoms with Crippen LogP contribution in [0.1, 0.15) is 65.0 Å². The van der Waals surface area contributed by atoms with Gasteiger partial charge in [-0.1, -0.05) is 74.8 Å². The van der Waals surface area contributed by atoms with Gasteiger partial charge in [-0.25, -0.2) is 0 Å². The number of hydrogen-bond donors (Lipinski definition) is 0. The molecule has 0 amide bonds. The fraction of sp³-hybridized carbons (Fsp3) is 0.469. The van der Waals surface area contributed by atoms with Gasteiger partial charge in [-0.15, -0.1) is 0 Å². The first-order valence-electron chi connectivity index (χ1n) is 13.2. The number of likely N-dealkylation sites (N-methyl/N-ethyl adjacent to an activating group) is 1. The number of rotatable bonds is 4. The number of benzene rings is 2. The third-order valence-electron chi connectivity index (χ3n) is 9.24. The number of anilines is 1. The maximum Gasteiger partial charge on any atom is 0.209 e. The van der Waals surface area contributed by atoms with Crippen LogP contribution < -0.4 is 4.90 Å². The van der Waals surface area contributed by atoms with Gasteiger partial charge in [0.15, 0.2) is 5.71 Å². The molecule has 0 N–H and O–H groups in total. The number of para-hydroxylation sites is 2. The van der Waals surface area contributed by atoms with Gasteiger partial charge in [-0.3, -0.25) is 0 Å². The average molecular weight is 488 g/mol. The number of hydrogen-bond acceptors (Lipinski definition) is 1. The molecule has 0 aromatic heterocycles. The maximum atomic E-state index is 7.24. The second-order valence-corrected chi connectivity index (χ2v) is 12.4. The van der Waals surface area contributed by atoms with E-state index < -0.39 is 0 Å². The van der Waals surface area contributed by atoms with Crippen molar-refractivity contribution in [3.63, 3.8) is 0 Å². The molecular weight excluding hydrogens is 448 g/mol. The first-order chi connectivity index (χ1) is 16.6. The maximum absolute atomic E-state index is 7.24. The largest absolute Gasteiger partial charge is 0.370 e. The Kier molecular flexibility index (Phi) is 6.03. The molecule has 184 valence electrons. The molecule has 2 heterocycles. The zero-order valence-electron chi connectivity index (χ0n) is 22.4. The fourth-order valence-electron chi connectivity index (χ4n) is 7.48.